The Kier molecular flexibility index (Phi) is 3.37. The average molecular weight is 243 g/mol. The van der Waals surface area contributed by atoms with Gasteiger partial charge >= 0.3 is 0 Å². The lowest BCUT2D eigenvalue weighted by Gasteiger charge is -2.15. The van der Waals surface area contributed by atoms with E-state index in [0.29, 0.717) is 11.4 Å². The van der Waals surface area contributed by atoms with E-state index in [2.05, 4.69) is 4.98 Å². The molecule has 18 heavy (non-hydrogen) atoms. The van der Waals surface area contributed by atoms with Crippen molar-refractivity contribution in [1.82, 2.24) is 4.98 Å². The van der Waals surface area contributed by atoms with Crippen LogP contribution in [0.5, 0.6) is 11.5 Å². The van der Waals surface area contributed by atoms with E-state index in [1.54, 1.807) is 6.20 Å². The fourth-order valence-corrected chi connectivity index (χ4v) is 1.60. The van der Waals surface area contributed by atoms with Crippen molar-refractivity contribution in [1.29, 1.82) is 0 Å². The van der Waals surface area contributed by atoms with Crippen LogP contribution >= 0.6 is 0 Å². The van der Waals surface area contributed by atoms with Gasteiger partial charge in [0.15, 0.2) is 5.75 Å². The molecule has 4 heteroatoms. The second-order valence-corrected chi connectivity index (χ2v) is 4.35. The lowest BCUT2D eigenvalue weighted by molar-refractivity contribution is 0.484. The molecule has 1 aromatic carbocycles. The normalized spacial score (nSPS) is 10.2. The zero-order valence-corrected chi connectivity index (χ0v) is 10.8. The van der Waals surface area contributed by atoms with Gasteiger partial charge in [-0.2, -0.15) is 0 Å². The topological polar surface area (TPSA) is 51.4 Å². The molecule has 0 unspecified atom stereocenters. The predicted molar refractivity (Wildman–Crippen MR) is 74.2 cm³/mol. The van der Waals surface area contributed by atoms with Crippen LogP contribution < -0.4 is 15.4 Å². The summed E-state index contributed by atoms with van der Waals surface area (Å²) in [6.07, 6.45) is 1.72. The molecule has 1 aromatic heterocycles. The number of hydrogen-bond acceptors (Lipinski definition) is 4. The quantitative estimate of drug-likeness (QED) is 0.842. The molecular formula is C14H17N3O. The summed E-state index contributed by atoms with van der Waals surface area (Å²) in [5.74, 6) is 1.40. The molecule has 0 aliphatic carbocycles. The Bertz CT molecular complexity index is 552. The van der Waals surface area contributed by atoms with Crippen LogP contribution in [0.2, 0.25) is 0 Å². The van der Waals surface area contributed by atoms with E-state index in [0.717, 1.165) is 17.1 Å². The number of aryl methyl sites for hydroxylation is 1. The predicted octanol–water partition coefficient (Wildman–Crippen LogP) is 2.83. The summed E-state index contributed by atoms with van der Waals surface area (Å²) in [5.41, 5.74) is 8.49. The highest BCUT2D eigenvalue weighted by Crippen LogP contribution is 2.31. The molecule has 2 aromatic rings. The summed E-state index contributed by atoms with van der Waals surface area (Å²) in [6.45, 7) is 1.92. The van der Waals surface area contributed by atoms with E-state index in [1.807, 2.05) is 56.3 Å². The summed E-state index contributed by atoms with van der Waals surface area (Å²) in [4.78, 5) is 6.13. The van der Waals surface area contributed by atoms with Crippen LogP contribution in [-0.4, -0.2) is 19.1 Å². The van der Waals surface area contributed by atoms with Crippen molar-refractivity contribution in [2.45, 2.75) is 6.92 Å². The van der Waals surface area contributed by atoms with Gasteiger partial charge in [0.05, 0.1) is 5.69 Å². The number of nitrogens with zero attached hydrogens (tertiary/aromatic N) is 2. The van der Waals surface area contributed by atoms with Crippen molar-refractivity contribution in [3.05, 3.63) is 42.2 Å². The molecule has 0 saturated carbocycles. The average Bonchev–Trinajstić information content (AvgIpc) is 2.31. The lowest BCUT2D eigenvalue weighted by Crippen LogP contribution is -2.08. The van der Waals surface area contributed by atoms with E-state index in [4.69, 9.17) is 10.5 Å². The summed E-state index contributed by atoms with van der Waals surface area (Å²) in [7, 11) is 3.96. The van der Waals surface area contributed by atoms with Crippen LogP contribution in [0.1, 0.15) is 5.69 Å². The van der Waals surface area contributed by atoms with Gasteiger partial charge in [-0.3, -0.25) is 4.98 Å². The Balaban J connectivity index is 2.30. The third-order valence-electron chi connectivity index (χ3n) is 2.61. The van der Waals surface area contributed by atoms with Gasteiger partial charge in [-0.25, -0.2) is 0 Å². The molecular weight excluding hydrogens is 226 g/mol. The van der Waals surface area contributed by atoms with Crippen molar-refractivity contribution >= 4 is 11.4 Å². The van der Waals surface area contributed by atoms with Gasteiger partial charge in [-0.1, -0.05) is 0 Å². The summed E-state index contributed by atoms with van der Waals surface area (Å²) < 4.78 is 5.79. The minimum Gasteiger partial charge on any atom is -0.455 e. The van der Waals surface area contributed by atoms with Crippen LogP contribution in [0.25, 0.3) is 0 Å². The first kappa shape index (κ1) is 12.2. The van der Waals surface area contributed by atoms with E-state index in [9.17, 15) is 0 Å². The highest BCUT2D eigenvalue weighted by Gasteiger charge is 2.05. The second-order valence-electron chi connectivity index (χ2n) is 4.35. The van der Waals surface area contributed by atoms with Gasteiger partial charge in [0, 0.05) is 43.8 Å². The van der Waals surface area contributed by atoms with Gasteiger partial charge in [0.1, 0.15) is 5.75 Å². The zero-order valence-electron chi connectivity index (χ0n) is 10.8. The molecule has 0 atom stereocenters. The third kappa shape index (κ3) is 2.71. The molecule has 0 amide bonds. The van der Waals surface area contributed by atoms with Crippen molar-refractivity contribution in [3.8, 4) is 11.5 Å². The standard InChI is InChI=1S/C14H17N3O/c1-10-8-12(6-7-16-10)18-14-9-11(17(2)3)4-5-13(14)15/h4-9H,15H2,1-3H3. The van der Waals surface area contributed by atoms with Crippen LogP contribution in [0.15, 0.2) is 36.5 Å². The van der Waals surface area contributed by atoms with Gasteiger partial charge in [0.25, 0.3) is 0 Å². The second kappa shape index (κ2) is 4.96. The minimum absolute atomic E-state index is 0.620. The van der Waals surface area contributed by atoms with Crippen molar-refractivity contribution in [2.24, 2.45) is 0 Å². The van der Waals surface area contributed by atoms with E-state index >= 15 is 0 Å². The van der Waals surface area contributed by atoms with Crippen molar-refractivity contribution in [2.75, 3.05) is 24.7 Å². The SMILES string of the molecule is Cc1cc(Oc2cc(N(C)C)ccc2N)ccn1. The highest BCUT2D eigenvalue weighted by atomic mass is 16.5. The summed E-state index contributed by atoms with van der Waals surface area (Å²) >= 11 is 0. The van der Waals surface area contributed by atoms with E-state index < -0.39 is 0 Å². The van der Waals surface area contributed by atoms with Crippen LogP contribution in [0.4, 0.5) is 11.4 Å². The zero-order chi connectivity index (χ0) is 13.1. The van der Waals surface area contributed by atoms with Crippen molar-refractivity contribution < 1.29 is 4.74 Å². The Morgan fingerprint density at radius 3 is 2.61 bits per heavy atom. The fraction of sp³-hybridized carbons (Fsp3) is 0.214. The first-order chi connectivity index (χ1) is 8.56. The van der Waals surface area contributed by atoms with E-state index in [1.165, 1.54) is 0 Å². The molecule has 0 spiro atoms. The first-order valence-electron chi connectivity index (χ1n) is 5.73. The smallest absolute Gasteiger partial charge is 0.152 e. The number of nitrogens with two attached hydrogens (primary N) is 1. The summed E-state index contributed by atoms with van der Waals surface area (Å²) in [6, 6.07) is 9.42. The molecule has 0 aliphatic heterocycles. The highest BCUT2D eigenvalue weighted by molar-refractivity contribution is 5.62. The summed E-state index contributed by atoms with van der Waals surface area (Å²) in [5, 5.41) is 0. The van der Waals surface area contributed by atoms with Crippen LogP contribution in [0, 0.1) is 6.92 Å². The number of aromatic nitrogens is 1. The Morgan fingerprint density at radius 1 is 1.17 bits per heavy atom. The molecule has 94 valence electrons. The molecule has 0 radical (unpaired) electrons. The van der Waals surface area contributed by atoms with Gasteiger partial charge in [-0.15, -0.1) is 0 Å². The number of hydrogen-bond donors (Lipinski definition) is 1. The third-order valence-corrected chi connectivity index (χ3v) is 2.61. The number of benzene rings is 1. The van der Waals surface area contributed by atoms with Crippen LogP contribution in [0.3, 0.4) is 0 Å². The molecule has 0 bridgehead atoms. The Morgan fingerprint density at radius 2 is 1.94 bits per heavy atom. The molecule has 2 rings (SSSR count). The van der Waals surface area contributed by atoms with Gasteiger partial charge in [0.2, 0.25) is 0 Å². The monoisotopic (exact) mass is 243 g/mol. The lowest BCUT2D eigenvalue weighted by atomic mass is 10.2. The number of rotatable bonds is 3. The van der Waals surface area contributed by atoms with E-state index in [-0.39, 0.29) is 0 Å². The maximum atomic E-state index is 5.92. The fourth-order valence-electron chi connectivity index (χ4n) is 1.60. The van der Waals surface area contributed by atoms with Gasteiger partial charge < -0.3 is 15.4 Å². The molecule has 0 saturated heterocycles. The number of pyridine rings is 1. The Hall–Kier alpha value is -2.23. The van der Waals surface area contributed by atoms with Crippen molar-refractivity contribution in [3.63, 3.8) is 0 Å². The number of nitrogen functional groups attached to an aromatic ring is 1. The molecule has 4 nitrogen and oxygen atoms in total. The number of ether oxygens (including phenoxy) is 1. The molecule has 0 aliphatic rings. The maximum absolute atomic E-state index is 5.92. The van der Waals surface area contributed by atoms with Crippen LogP contribution in [-0.2, 0) is 0 Å². The maximum Gasteiger partial charge on any atom is 0.152 e. The number of anilines is 2. The minimum atomic E-state index is 0.620. The Labute approximate surface area is 107 Å². The van der Waals surface area contributed by atoms with Gasteiger partial charge in [-0.05, 0) is 25.1 Å². The molecule has 1 heterocycles. The largest absolute Gasteiger partial charge is 0.455 e. The molecule has 0 fully saturated rings. The first-order valence-corrected chi connectivity index (χ1v) is 5.73. The molecule has 2 N–H and O–H groups in total.